The van der Waals surface area contributed by atoms with Crippen molar-refractivity contribution in [3.63, 3.8) is 0 Å². The molecule has 0 N–H and O–H groups in total. The van der Waals surface area contributed by atoms with Crippen LogP contribution in [0.3, 0.4) is 0 Å². The fourth-order valence-electron chi connectivity index (χ4n) is 13.0. The molecular formula is C51H77F21. The first-order valence-electron chi connectivity index (χ1n) is 25.8. The molecule has 21 heteroatoms. The Bertz CT molecular complexity index is 1560. The van der Waals surface area contributed by atoms with Crippen molar-refractivity contribution < 1.29 is 92.2 Å². The van der Waals surface area contributed by atoms with Gasteiger partial charge in [0.2, 0.25) is 0 Å². The zero-order chi connectivity index (χ0) is 55.6. The van der Waals surface area contributed by atoms with Gasteiger partial charge in [-0.25, -0.2) is 0 Å². The average Bonchev–Trinajstić information content (AvgIpc) is 3.22. The summed E-state index contributed by atoms with van der Waals surface area (Å²) in [5.74, 6) is 0.203. The van der Waals surface area contributed by atoms with Gasteiger partial charge in [-0.2, -0.15) is 92.2 Å². The van der Waals surface area contributed by atoms with Crippen LogP contribution in [-0.2, 0) is 0 Å². The summed E-state index contributed by atoms with van der Waals surface area (Å²) < 4.78 is 266. The molecule has 0 aromatic rings. The minimum absolute atomic E-state index is 0.0106. The maximum Gasteiger partial charge on any atom is 0.403 e. The molecule has 5 atom stereocenters. The van der Waals surface area contributed by atoms with Crippen molar-refractivity contribution in [3.05, 3.63) is 0 Å². The van der Waals surface area contributed by atoms with Gasteiger partial charge in [0.1, 0.15) is 0 Å². The lowest BCUT2D eigenvalue weighted by molar-refractivity contribution is -0.364. The van der Waals surface area contributed by atoms with Gasteiger partial charge in [0.15, 0.2) is 16.2 Å². The summed E-state index contributed by atoms with van der Waals surface area (Å²) in [6.07, 6.45) is -25.7. The van der Waals surface area contributed by atoms with Gasteiger partial charge in [-0.1, -0.05) is 87.0 Å². The van der Waals surface area contributed by atoms with Crippen LogP contribution >= 0.6 is 0 Å². The van der Waals surface area contributed by atoms with Crippen LogP contribution in [0.1, 0.15) is 203 Å². The topological polar surface area (TPSA) is 0 Å². The molecular weight excluding hydrogens is 1010 g/mol. The van der Waals surface area contributed by atoms with E-state index in [1.807, 2.05) is 6.92 Å². The van der Waals surface area contributed by atoms with Crippen molar-refractivity contribution in [2.24, 2.45) is 74.4 Å². The smallest absolute Gasteiger partial charge is 0.171 e. The SMILES string of the molecule is CC1CCC(C(F)(F)F)(C(F)(F)F)CC1.CC1CCC2(CC1)CCC(C(F)(F)F)(C(F)(F)F)CC2.CC1CCCC(C(F)(F)F)[C@@H]1C.C[C@@H]1CCCCC1(C(F)(F)F)C(F)(F)F.C[C@H]1CC2CCC1(C)CC2. The molecule has 1 spiro atoms. The first-order chi connectivity index (χ1) is 32.4. The van der Waals surface area contributed by atoms with Gasteiger partial charge in [-0.05, 0) is 168 Å². The van der Waals surface area contributed by atoms with Crippen molar-refractivity contribution >= 4 is 0 Å². The van der Waals surface area contributed by atoms with Crippen LogP contribution in [0.4, 0.5) is 92.2 Å². The molecule has 8 saturated carbocycles. The quantitative estimate of drug-likeness (QED) is 0.212. The molecule has 8 aliphatic rings. The highest BCUT2D eigenvalue weighted by atomic mass is 19.4. The van der Waals surface area contributed by atoms with Crippen molar-refractivity contribution in [1.29, 1.82) is 0 Å². The van der Waals surface area contributed by atoms with E-state index in [0.717, 1.165) is 62.7 Å². The predicted octanol–water partition coefficient (Wildman–Crippen LogP) is 21.3. The first-order valence-corrected chi connectivity index (χ1v) is 25.8. The van der Waals surface area contributed by atoms with Crippen molar-refractivity contribution in [3.8, 4) is 0 Å². The van der Waals surface area contributed by atoms with E-state index in [2.05, 4.69) is 20.8 Å². The highest BCUT2D eigenvalue weighted by Crippen LogP contribution is 2.65. The number of fused-ring (bicyclic) bond motifs is 3. The minimum atomic E-state index is -5.20. The third-order valence-corrected chi connectivity index (χ3v) is 19.4. The lowest BCUT2D eigenvalue weighted by atomic mass is 9.57. The molecule has 2 unspecified atom stereocenters. The number of alkyl halides is 21. The van der Waals surface area contributed by atoms with Gasteiger partial charge < -0.3 is 0 Å². The van der Waals surface area contributed by atoms with Crippen molar-refractivity contribution in [1.82, 2.24) is 0 Å². The Morgan fingerprint density at radius 2 is 0.750 bits per heavy atom. The fourth-order valence-corrected chi connectivity index (χ4v) is 13.0. The lowest BCUT2D eigenvalue weighted by Crippen LogP contribution is -2.55. The third kappa shape index (κ3) is 14.6. The van der Waals surface area contributed by atoms with E-state index in [1.54, 1.807) is 13.8 Å². The Morgan fingerprint density at radius 3 is 1.06 bits per heavy atom. The van der Waals surface area contributed by atoms with E-state index in [-0.39, 0.29) is 61.7 Å². The van der Waals surface area contributed by atoms with E-state index in [9.17, 15) is 92.2 Å². The van der Waals surface area contributed by atoms with E-state index in [1.165, 1.54) is 32.1 Å². The van der Waals surface area contributed by atoms with Gasteiger partial charge in [0, 0.05) is 0 Å². The zero-order valence-corrected chi connectivity index (χ0v) is 42.5. The van der Waals surface area contributed by atoms with Crippen LogP contribution in [0.15, 0.2) is 0 Å². The van der Waals surface area contributed by atoms with Gasteiger partial charge in [0.25, 0.3) is 0 Å². The summed E-state index contributed by atoms with van der Waals surface area (Å²) in [6, 6.07) is 0. The molecule has 8 fully saturated rings. The molecule has 0 amide bonds. The van der Waals surface area contributed by atoms with Gasteiger partial charge in [-0.3, -0.25) is 0 Å². The summed E-state index contributed by atoms with van der Waals surface area (Å²) in [5, 5.41) is 0. The van der Waals surface area contributed by atoms with E-state index in [4.69, 9.17) is 0 Å². The molecule has 0 saturated heterocycles. The maximum atomic E-state index is 13.0. The number of rotatable bonds is 0. The molecule has 8 aliphatic carbocycles. The second-order valence-electron chi connectivity index (χ2n) is 23.8. The fraction of sp³-hybridized carbons (Fsp3) is 1.00. The van der Waals surface area contributed by atoms with Crippen LogP contribution in [0.5, 0.6) is 0 Å². The normalized spacial score (nSPS) is 32.3. The Kier molecular flexibility index (Phi) is 20.9. The molecule has 2 bridgehead atoms. The van der Waals surface area contributed by atoms with E-state index < -0.39 is 103 Å². The van der Waals surface area contributed by atoms with E-state index in [0.29, 0.717) is 18.8 Å². The number of hydrogen-bond acceptors (Lipinski definition) is 0. The highest BCUT2D eigenvalue weighted by Gasteiger charge is 2.74. The molecule has 72 heavy (non-hydrogen) atoms. The summed E-state index contributed by atoms with van der Waals surface area (Å²) in [6.45, 7) is 13.4. The van der Waals surface area contributed by atoms with Crippen LogP contribution in [0, 0.1) is 74.4 Å². The summed E-state index contributed by atoms with van der Waals surface area (Å²) in [7, 11) is 0. The van der Waals surface area contributed by atoms with Gasteiger partial charge in [0.05, 0.1) is 5.92 Å². The summed E-state index contributed by atoms with van der Waals surface area (Å²) >= 11 is 0. The minimum Gasteiger partial charge on any atom is -0.171 e. The molecule has 0 radical (unpaired) electrons. The zero-order valence-electron chi connectivity index (χ0n) is 42.5. The van der Waals surface area contributed by atoms with Gasteiger partial charge >= 0.3 is 43.2 Å². The molecule has 0 aromatic carbocycles. The summed E-state index contributed by atoms with van der Waals surface area (Å²) in [5.41, 5.74) is -9.96. The number of halogens is 21. The Balaban J connectivity index is 0.000000242. The monoisotopic (exact) mass is 1090 g/mol. The standard InChI is InChI=1S/C14H20F6.C10H18.2C9H12F6.C9H15F3/c1-10-2-4-11(5-3-10)6-8-12(9-7-11,13(15,16)17)14(18,19)20;1-8-7-9-3-5-10(8,2)6-4-9;1-6-2-4-7(5-3-6,8(10,11)12)9(13,14)15;1-6-4-2-3-5-7(6,8(10,11)12)9(13,14)15;1-6-4-3-5-8(7(6)2)9(10,11)12/h10H,2-9H2,1H3;8-9H,3-7H2,1-2H3;2*6H,2-5H2,1H3;6-8H,3-5H2,1-2H3/t;8-,9?,10?;;6-;6?,7-,8?/m.0.11/s1. The predicted molar refractivity (Wildman–Crippen MR) is 233 cm³/mol. The van der Waals surface area contributed by atoms with E-state index >= 15 is 0 Å². The van der Waals surface area contributed by atoms with Gasteiger partial charge in [-0.15, -0.1) is 0 Å². The Labute approximate surface area is 411 Å². The van der Waals surface area contributed by atoms with Crippen LogP contribution < -0.4 is 0 Å². The van der Waals surface area contributed by atoms with Crippen molar-refractivity contribution in [2.75, 3.05) is 0 Å². The Morgan fingerprint density at radius 1 is 0.347 bits per heavy atom. The second kappa shape index (κ2) is 23.2. The number of hydrogen-bond donors (Lipinski definition) is 0. The van der Waals surface area contributed by atoms with Crippen LogP contribution in [-0.4, -0.2) is 43.2 Å². The van der Waals surface area contributed by atoms with Crippen LogP contribution in [0.2, 0.25) is 0 Å². The Hall–Kier alpha value is -1.47. The van der Waals surface area contributed by atoms with Crippen molar-refractivity contribution in [2.45, 2.75) is 246 Å². The second-order valence-corrected chi connectivity index (χ2v) is 23.8. The molecule has 0 aromatic heterocycles. The third-order valence-electron chi connectivity index (χ3n) is 19.4. The molecule has 428 valence electrons. The maximum absolute atomic E-state index is 13.0. The molecule has 8 rings (SSSR count). The highest BCUT2D eigenvalue weighted by molar-refractivity contribution is 5.02. The largest absolute Gasteiger partial charge is 0.403 e. The summed E-state index contributed by atoms with van der Waals surface area (Å²) in [4.78, 5) is 0. The molecule has 0 heterocycles. The van der Waals surface area contributed by atoms with Crippen LogP contribution in [0.25, 0.3) is 0 Å². The molecule has 0 nitrogen and oxygen atoms in total. The average molecular weight is 1090 g/mol. The lowest BCUT2D eigenvalue weighted by Gasteiger charge is -2.49. The molecule has 0 aliphatic heterocycles. The first kappa shape index (κ1) is 64.8.